The first-order valence-corrected chi connectivity index (χ1v) is 7.79. The quantitative estimate of drug-likeness (QED) is 0.701. The van der Waals surface area contributed by atoms with E-state index in [1.165, 1.54) is 6.07 Å². The summed E-state index contributed by atoms with van der Waals surface area (Å²) in [5.74, 6) is 0.720. The number of benzene rings is 1. The summed E-state index contributed by atoms with van der Waals surface area (Å²) in [5.41, 5.74) is 3.30. The van der Waals surface area contributed by atoms with Crippen LogP contribution in [0.15, 0.2) is 45.8 Å². The standard InChI is InChI=1S/C17H14Cl2N2O2/c1-10-17(11(2)23-20-10)13-4-6-16(22)21(9-13)8-12-3-5-14(18)7-15(12)19/h3-7,9H,8H2,1-2H3. The van der Waals surface area contributed by atoms with Gasteiger partial charge in [-0.2, -0.15) is 0 Å². The van der Waals surface area contributed by atoms with Crippen LogP contribution in [0.1, 0.15) is 17.0 Å². The molecular formula is C17H14Cl2N2O2. The first-order chi connectivity index (χ1) is 11.0. The van der Waals surface area contributed by atoms with E-state index in [0.29, 0.717) is 16.6 Å². The van der Waals surface area contributed by atoms with Crippen molar-refractivity contribution in [2.24, 2.45) is 0 Å². The Bertz CT molecular complexity index is 909. The third kappa shape index (κ3) is 3.19. The van der Waals surface area contributed by atoms with E-state index in [1.807, 2.05) is 19.9 Å². The van der Waals surface area contributed by atoms with Crippen molar-refractivity contribution in [1.82, 2.24) is 9.72 Å². The summed E-state index contributed by atoms with van der Waals surface area (Å²) < 4.78 is 6.80. The smallest absolute Gasteiger partial charge is 0.250 e. The van der Waals surface area contributed by atoms with Crippen LogP contribution >= 0.6 is 23.2 Å². The number of hydrogen-bond acceptors (Lipinski definition) is 3. The van der Waals surface area contributed by atoms with Gasteiger partial charge in [0.05, 0.1) is 12.2 Å². The summed E-state index contributed by atoms with van der Waals surface area (Å²) in [6.07, 6.45) is 1.79. The Kier molecular flexibility index (Phi) is 4.28. The molecule has 0 aliphatic rings. The fourth-order valence-corrected chi connectivity index (χ4v) is 3.00. The van der Waals surface area contributed by atoms with E-state index >= 15 is 0 Å². The van der Waals surface area contributed by atoms with Crippen molar-refractivity contribution in [2.45, 2.75) is 20.4 Å². The highest BCUT2D eigenvalue weighted by atomic mass is 35.5. The van der Waals surface area contributed by atoms with Crippen LogP contribution in [0, 0.1) is 13.8 Å². The number of nitrogens with zero attached hydrogens (tertiary/aromatic N) is 2. The van der Waals surface area contributed by atoms with E-state index in [0.717, 1.165) is 28.1 Å². The molecular weight excluding hydrogens is 335 g/mol. The van der Waals surface area contributed by atoms with Gasteiger partial charge in [0.15, 0.2) is 0 Å². The van der Waals surface area contributed by atoms with Crippen LogP contribution < -0.4 is 5.56 Å². The van der Waals surface area contributed by atoms with Crippen LogP contribution in [-0.2, 0) is 6.54 Å². The van der Waals surface area contributed by atoms with E-state index < -0.39 is 0 Å². The molecule has 6 heteroatoms. The number of aryl methyl sites for hydroxylation is 2. The van der Waals surface area contributed by atoms with Crippen molar-refractivity contribution in [3.63, 3.8) is 0 Å². The van der Waals surface area contributed by atoms with Crippen LogP contribution in [-0.4, -0.2) is 9.72 Å². The SMILES string of the molecule is Cc1noc(C)c1-c1ccc(=O)n(Cc2ccc(Cl)cc2Cl)c1. The van der Waals surface area contributed by atoms with Gasteiger partial charge in [-0.15, -0.1) is 0 Å². The first kappa shape index (κ1) is 15.8. The van der Waals surface area contributed by atoms with Crippen molar-refractivity contribution < 1.29 is 4.52 Å². The van der Waals surface area contributed by atoms with E-state index in [2.05, 4.69) is 5.16 Å². The van der Waals surface area contributed by atoms with Gasteiger partial charge in [-0.05, 0) is 37.6 Å². The second kappa shape index (κ2) is 6.22. The normalized spacial score (nSPS) is 11.0. The Labute approximate surface area is 143 Å². The first-order valence-electron chi connectivity index (χ1n) is 7.03. The van der Waals surface area contributed by atoms with Crippen molar-refractivity contribution in [2.75, 3.05) is 0 Å². The van der Waals surface area contributed by atoms with E-state index in [-0.39, 0.29) is 5.56 Å². The Balaban J connectivity index is 2.03. The number of aromatic nitrogens is 2. The number of hydrogen-bond donors (Lipinski definition) is 0. The second-order valence-electron chi connectivity index (χ2n) is 5.32. The molecule has 0 aliphatic carbocycles. The molecule has 0 N–H and O–H groups in total. The minimum Gasteiger partial charge on any atom is -0.361 e. The van der Waals surface area contributed by atoms with Crippen LogP contribution in [0.4, 0.5) is 0 Å². The Morgan fingerprint density at radius 1 is 1.17 bits per heavy atom. The molecule has 0 amide bonds. The van der Waals surface area contributed by atoms with Gasteiger partial charge in [0.2, 0.25) is 0 Å². The predicted molar refractivity (Wildman–Crippen MR) is 91.2 cm³/mol. The Morgan fingerprint density at radius 3 is 2.61 bits per heavy atom. The molecule has 4 nitrogen and oxygen atoms in total. The average Bonchev–Trinajstić information content (AvgIpc) is 2.83. The van der Waals surface area contributed by atoms with Crippen LogP contribution in [0.2, 0.25) is 10.0 Å². The van der Waals surface area contributed by atoms with Gasteiger partial charge in [-0.25, -0.2) is 0 Å². The van der Waals surface area contributed by atoms with Gasteiger partial charge in [0.1, 0.15) is 5.76 Å². The molecule has 0 atom stereocenters. The van der Waals surface area contributed by atoms with Crippen molar-refractivity contribution in [1.29, 1.82) is 0 Å². The van der Waals surface area contributed by atoms with Gasteiger partial charge in [-0.1, -0.05) is 34.4 Å². The third-order valence-corrected chi connectivity index (χ3v) is 4.25. The molecule has 2 aromatic heterocycles. The Hall–Kier alpha value is -2.04. The monoisotopic (exact) mass is 348 g/mol. The maximum absolute atomic E-state index is 12.1. The maximum atomic E-state index is 12.1. The largest absolute Gasteiger partial charge is 0.361 e. The minimum absolute atomic E-state index is 0.105. The summed E-state index contributed by atoms with van der Waals surface area (Å²) >= 11 is 12.1. The van der Waals surface area contributed by atoms with Crippen LogP contribution in [0.5, 0.6) is 0 Å². The molecule has 0 aliphatic heterocycles. The number of halogens is 2. The van der Waals surface area contributed by atoms with Gasteiger partial charge < -0.3 is 9.09 Å². The molecule has 3 rings (SSSR count). The van der Waals surface area contributed by atoms with Crippen LogP contribution in [0.25, 0.3) is 11.1 Å². The van der Waals surface area contributed by atoms with Gasteiger partial charge >= 0.3 is 0 Å². The fourth-order valence-electron chi connectivity index (χ4n) is 2.53. The molecule has 1 aromatic carbocycles. The molecule has 23 heavy (non-hydrogen) atoms. The zero-order valence-electron chi connectivity index (χ0n) is 12.6. The molecule has 0 saturated carbocycles. The van der Waals surface area contributed by atoms with Crippen molar-refractivity contribution in [3.8, 4) is 11.1 Å². The lowest BCUT2D eigenvalue weighted by molar-refractivity contribution is 0.393. The highest BCUT2D eigenvalue weighted by Gasteiger charge is 2.13. The van der Waals surface area contributed by atoms with E-state index in [4.69, 9.17) is 27.7 Å². The predicted octanol–water partition coefficient (Wildman–Crippen LogP) is 4.48. The summed E-state index contributed by atoms with van der Waals surface area (Å²) in [6, 6.07) is 8.55. The van der Waals surface area contributed by atoms with Gasteiger partial charge in [0, 0.05) is 33.4 Å². The molecule has 0 radical (unpaired) electrons. The number of rotatable bonds is 3. The molecule has 0 fully saturated rings. The van der Waals surface area contributed by atoms with Gasteiger partial charge in [0.25, 0.3) is 5.56 Å². The molecule has 0 saturated heterocycles. The molecule has 118 valence electrons. The number of pyridine rings is 1. The summed E-state index contributed by atoms with van der Waals surface area (Å²) in [6.45, 7) is 4.09. The lowest BCUT2D eigenvalue weighted by atomic mass is 10.1. The van der Waals surface area contributed by atoms with E-state index in [9.17, 15) is 4.79 Å². The summed E-state index contributed by atoms with van der Waals surface area (Å²) in [4.78, 5) is 12.1. The minimum atomic E-state index is -0.105. The third-order valence-electron chi connectivity index (χ3n) is 3.66. The second-order valence-corrected chi connectivity index (χ2v) is 6.16. The van der Waals surface area contributed by atoms with E-state index in [1.54, 1.807) is 29.0 Å². The summed E-state index contributed by atoms with van der Waals surface area (Å²) in [7, 11) is 0. The maximum Gasteiger partial charge on any atom is 0.250 e. The average molecular weight is 349 g/mol. The highest BCUT2D eigenvalue weighted by molar-refractivity contribution is 6.35. The van der Waals surface area contributed by atoms with Gasteiger partial charge in [-0.3, -0.25) is 4.79 Å². The van der Waals surface area contributed by atoms with Crippen LogP contribution in [0.3, 0.4) is 0 Å². The topological polar surface area (TPSA) is 48.0 Å². The zero-order chi connectivity index (χ0) is 16.6. The molecule has 0 spiro atoms. The molecule has 3 aromatic rings. The lowest BCUT2D eigenvalue weighted by Crippen LogP contribution is -2.19. The summed E-state index contributed by atoms with van der Waals surface area (Å²) in [5, 5.41) is 5.05. The van der Waals surface area contributed by atoms with Crippen molar-refractivity contribution in [3.05, 3.63) is 73.9 Å². The molecule has 0 unspecified atom stereocenters. The Morgan fingerprint density at radius 2 is 1.96 bits per heavy atom. The molecule has 2 heterocycles. The van der Waals surface area contributed by atoms with Crippen molar-refractivity contribution >= 4 is 23.2 Å². The molecule has 0 bridgehead atoms. The fraction of sp³-hybridized carbons (Fsp3) is 0.176. The highest BCUT2D eigenvalue weighted by Crippen LogP contribution is 2.26. The zero-order valence-corrected chi connectivity index (χ0v) is 14.1. The lowest BCUT2D eigenvalue weighted by Gasteiger charge is -2.10.